The zero-order valence-electron chi connectivity index (χ0n) is 5.90. The average Bonchev–Trinajstić information content (AvgIpc) is 2.37. The molecule has 4 N–H and O–H groups in total. The molecule has 0 bridgehead atoms. The zero-order valence-corrected chi connectivity index (χ0v) is 6.72. The van der Waals surface area contributed by atoms with Crippen LogP contribution in [0.2, 0.25) is 0 Å². The molecular formula is C5H6N4O2S. The third-order valence-corrected chi connectivity index (χ3v) is 1.58. The van der Waals surface area contributed by atoms with Gasteiger partial charge in [0.05, 0.1) is 0 Å². The zero-order chi connectivity index (χ0) is 8.97. The summed E-state index contributed by atoms with van der Waals surface area (Å²) in [5, 5.41) is 6.25. The van der Waals surface area contributed by atoms with E-state index in [0.29, 0.717) is 5.13 Å². The minimum absolute atomic E-state index is 0.411. The fraction of sp³-hybridized carbons (Fsp3) is 0. The molecule has 6 nitrogen and oxygen atoms in total. The second-order valence-corrected chi connectivity index (χ2v) is 2.68. The van der Waals surface area contributed by atoms with Gasteiger partial charge in [0.2, 0.25) is 0 Å². The molecule has 0 saturated heterocycles. The van der Waals surface area contributed by atoms with E-state index in [1.165, 1.54) is 17.5 Å². The number of aromatic nitrogens is 1. The number of carbonyl (C=O) groups excluding carboxylic acids is 2. The van der Waals surface area contributed by atoms with Gasteiger partial charge in [0.1, 0.15) is 0 Å². The van der Waals surface area contributed by atoms with Crippen LogP contribution in [-0.2, 0) is 0 Å². The van der Waals surface area contributed by atoms with Crippen molar-refractivity contribution in [2.75, 3.05) is 5.32 Å². The summed E-state index contributed by atoms with van der Waals surface area (Å²) < 4.78 is 0. The lowest BCUT2D eigenvalue weighted by atomic mass is 10.9. The van der Waals surface area contributed by atoms with Crippen LogP contribution in [0.5, 0.6) is 0 Å². The number of nitrogens with zero attached hydrogens (tertiary/aromatic N) is 1. The second-order valence-electron chi connectivity index (χ2n) is 1.78. The number of nitrogens with one attached hydrogen (secondary N) is 2. The van der Waals surface area contributed by atoms with Gasteiger partial charge in [-0.25, -0.2) is 14.6 Å². The molecule has 0 fully saturated rings. The summed E-state index contributed by atoms with van der Waals surface area (Å²) in [5.41, 5.74) is 4.69. The molecule has 0 spiro atoms. The van der Waals surface area contributed by atoms with Gasteiger partial charge in [0.15, 0.2) is 5.13 Å². The first-order valence-electron chi connectivity index (χ1n) is 2.95. The van der Waals surface area contributed by atoms with Crippen molar-refractivity contribution in [1.82, 2.24) is 10.3 Å². The molecule has 1 rings (SSSR count). The predicted octanol–water partition coefficient (Wildman–Crippen LogP) is 0.343. The van der Waals surface area contributed by atoms with Crippen molar-refractivity contribution in [2.45, 2.75) is 0 Å². The summed E-state index contributed by atoms with van der Waals surface area (Å²) in [5.74, 6) is 0. The molecule has 1 aromatic heterocycles. The lowest BCUT2D eigenvalue weighted by molar-refractivity contribution is 0.238. The Labute approximate surface area is 71.8 Å². The number of hydrogen-bond acceptors (Lipinski definition) is 4. The molecule has 4 amide bonds. The number of rotatable bonds is 1. The highest BCUT2D eigenvalue weighted by atomic mass is 32.1. The molecule has 0 aliphatic rings. The fourth-order valence-electron chi connectivity index (χ4n) is 0.525. The van der Waals surface area contributed by atoms with Crippen LogP contribution in [0.3, 0.4) is 0 Å². The van der Waals surface area contributed by atoms with E-state index in [1.54, 1.807) is 5.38 Å². The highest BCUT2D eigenvalue weighted by Gasteiger charge is 2.04. The Bertz CT molecular complexity index is 284. The molecule has 7 heteroatoms. The van der Waals surface area contributed by atoms with E-state index in [9.17, 15) is 9.59 Å². The Morgan fingerprint density at radius 1 is 1.58 bits per heavy atom. The normalized spacial score (nSPS) is 9.00. The molecule has 0 aromatic carbocycles. The van der Waals surface area contributed by atoms with Crippen molar-refractivity contribution in [3.63, 3.8) is 0 Å². The van der Waals surface area contributed by atoms with E-state index in [1.807, 2.05) is 5.32 Å². The van der Waals surface area contributed by atoms with E-state index in [4.69, 9.17) is 5.73 Å². The van der Waals surface area contributed by atoms with Gasteiger partial charge >= 0.3 is 12.1 Å². The molecule has 64 valence electrons. The molecule has 0 atom stereocenters. The maximum atomic E-state index is 10.8. The van der Waals surface area contributed by atoms with Crippen molar-refractivity contribution in [2.24, 2.45) is 5.73 Å². The largest absolute Gasteiger partial charge is 0.351 e. The van der Waals surface area contributed by atoms with Gasteiger partial charge in [-0.2, -0.15) is 0 Å². The first-order chi connectivity index (χ1) is 5.68. The van der Waals surface area contributed by atoms with Crippen molar-refractivity contribution in [3.05, 3.63) is 11.6 Å². The number of urea groups is 2. The molecular weight excluding hydrogens is 180 g/mol. The van der Waals surface area contributed by atoms with Crippen LogP contribution in [0.25, 0.3) is 0 Å². The Hall–Kier alpha value is -1.63. The van der Waals surface area contributed by atoms with E-state index in [-0.39, 0.29) is 0 Å². The number of primary amides is 1. The fourth-order valence-corrected chi connectivity index (χ4v) is 1.05. The molecule has 0 saturated carbocycles. The number of carbonyl (C=O) groups is 2. The lowest BCUT2D eigenvalue weighted by Crippen LogP contribution is -2.38. The van der Waals surface area contributed by atoms with E-state index < -0.39 is 12.1 Å². The van der Waals surface area contributed by atoms with Crippen LogP contribution in [0.1, 0.15) is 0 Å². The summed E-state index contributed by atoms with van der Waals surface area (Å²) in [6.45, 7) is 0. The molecule has 1 aromatic rings. The van der Waals surface area contributed by atoms with Crippen LogP contribution >= 0.6 is 11.3 Å². The van der Waals surface area contributed by atoms with Crippen LogP contribution < -0.4 is 16.4 Å². The Balaban J connectivity index is 2.42. The van der Waals surface area contributed by atoms with Crippen LogP contribution in [0, 0.1) is 0 Å². The summed E-state index contributed by atoms with van der Waals surface area (Å²) in [6, 6.07) is -1.58. The summed E-state index contributed by atoms with van der Waals surface area (Å²) in [6.07, 6.45) is 1.53. The van der Waals surface area contributed by atoms with Gasteiger partial charge < -0.3 is 5.73 Å². The SMILES string of the molecule is NC(=O)NC(=O)Nc1nccs1. The van der Waals surface area contributed by atoms with Crippen molar-refractivity contribution in [1.29, 1.82) is 0 Å². The number of imide groups is 1. The number of thiazole rings is 1. The molecule has 12 heavy (non-hydrogen) atoms. The lowest BCUT2D eigenvalue weighted by Gasteiger charge is -1.99. The quantitative estimate of drug-likeness (QED) is 0.590. The maximum Gasteiger partial charge on any atom is 0.329 e. The Kier molecular flexibility index (Phi) is 2.59. The number of anilines is 1. The second kappa shape index (κ2) is 3.67. The molecule has 0 aliphatic carbocycles. The molecule has 0 radical (unpaired) electrons. The summed E-state index contributed by atoms with van der Waals surface area (Å²) in [7, 11) is 0. The van der Waals surface area contributed by atoms with Crippen LogP contribution in [-0.4, -0.2) is 17.0 Å². The third kappa shape index (κ3) is 2.54. The minimum atomic E-state index is -0.899. The average molecular weight is 186 g/mol. The minimum Gasteiger partial charge on any atom is -0.351 e. The topological polar surface area (TPSA) is 97.1 Å². The highest BCUT2D eigenvalue weighted by molar-refractivity contribution is 7.13. The highest BCUT2D eigenvalue weighted by Crippen LogP contribution is 2.09. The molecule has 1 heterocycles. The van der Waals surface area contributed by atoms with E-state index >= 15 is 0 Å². The number of nitrogens with two attached hydrogens (primary N) is 1. The molecule has 0 aliphatic heterocycles. The summed E-state index contributed by atoms with van der Waals surface area (Å²) in [4.78, 5) is 24.7. The van der Waals surface area contributed by atoms with Crippen LogP contribution in [0.15, 0.2) is 11.6 Å². The number of amides is 4. The van der Waals surface area contributed by atoms with E-state index in [2.05, 4.69) is 10.3 Å². The Morgan fingerprint density at radius 2 is 2.33 bits per heavy atom. The van der Waals surface area contributed by atoms with Gasteiger partial charge in [-0.1, -0.05) is 0 Å². The van der Waals surface area contributed by atoms with Gasteiger partial charge in [-0.05, 0) is 0 Å². The first-order valence-corrected chi connectivity index (χ1v) is 3.83. The smallest absolute Gasteiger partial charge is 0.329 e. The van der Waals surface area contributed by atoms with E-state index in [0.717, 1.165) is 0 Å². The van der Waals surface area contributed by atoms with Crippen LogP contribution in [0.4, 0.5) is 14.7 Å². The molecule has 0 unspecified atom stereocenters. The van der Waals surface area contributed by atoms with Crippen molar-refractivity contribution >= 4 is 28.5 Å². The van der Waals surface area contributed by atoms with Crippen molar-refractivity contribution < 1.29 is 9.59 Å². The Morgan fingerprint density at radius 3 is 2.83 bits per heavy atom. The standard InChI is InChI=1S/C5H6N4O2S/c6-3(10)8-4(11)9-5-7-1-2-12-5/h1-2H,(H4,6,7,8,9,10,11). The summed E-state index contributed by atoms with van der Waals surface area (Å²) >= 11 is 1.24. The van der Waals surface area contributed by atoms with Gasteiger partial charge in [0.25, 0.3) is 0 Å². The predicted molar refractivity (Wildman–Crippen MR) is 43.9 cm³/mol. The number of hydrogen-bond donors (Lipinski definition) is 3. The van der Waals surface area contributed by atoms with Crippen molar-refractivity contribution in [3.8, 4) is 0 Å². The van der Waals surface area contributed by atoms with Gasteiger partial charge in [0, 0.05) is 11.6 Å². The van der Waals surface area contributed by atoms with Gasteiger partial charge in [-0.3, -0.25) is 10.6 Å². The van der Waals surface area contributed by atoms with Gasteiger partial charge in [-0.15, -0.1) is 11.3 Å². The maximum absolute atomic E-state index is 10.8. The first kappa shape index (κ1) is 8.47. The monoisotopic (exact) mass is 186 g/mol. The third-order valence-electron chi connectivity index (χ3n) is 0.890.